The van der Waals surface area contributed by atoms with Crippen molar-refractivity contribution in [2.24, 2.45) is 0 Å². The number of hydrogen-bond acceptors (Lipinski definition) is 6. The zero-order chi connectivity index (χ0) is 22.7. The lowest BCUT2D eigenvalue weighted by Gasteiger charge is -2.27. The summed E-state index contributed by atoms with van der Waals surface area (Å²) >= 11 is 1.12. The minimum atomic E-state index is -0.724. The number of rotatable bonds is 7. The highest BCUT2D eigenvalue weighted by molar-refractivity contribution is 7.22. The Kier molecular flexibility index (Phi) is 6.98. The number of amides is 1. The molecule has 0 bridgehead atoms. The fraction of sp³-hybridized carbons (Fsp3) is 0.391. The number of aromatic nitrogens is 1. The molecule has 2 heterocycles. The van der Waals surface area contributed by atoms with E-state index in [1.54, 1.807) is 17.0 Å². The van der Waals surface area contributed by atoms with Crippen LogP contribution < -0.4 is 9.80 Å². The molecule has 0 N–H and O–H groups in total. The Hall–Kier alpha value is -2.62. The second kappa shape index (κ2) is 9.89. The van der Waals surface area contributed by atoms with Crippen LogP contribution >= 0.6 is 11.3 Å². The molecule has 9 heteroatoms. The van der Waals surface area contributed by atoms with Crippen LogP contribution in [0.3, 0.4) is 0 Å². The maximum Gasteiger partial charge on any atom is 0.260 e. The number of halogens is 2. The lowest BCUT2D eigenvalue weighted by molar-refractivity contribution is 0.0376. The molecular formula is C23H26F2N4O2S. The number of ether oxygens (including phenoxy) is 1. The van der Waals surface area contributed by atoms with E-state index in [0.717, 1.165) is 49.1 Å². The summed E-state index contributed by atoms with van der Waals surface area (Å²) in [4.78, 5) is 23.6. The van der Waals surface area contributed by atoms with Gasteiger partial charge in [0.25, 0.3) is 5.91 Å². The van der Waals surface area contributed by atoms with Crippen molar-refractivity contribution in [1.82, 2.24) is 9.88 Å². The van der Waals surface area contributed by atoms with Crippen LogP contribution in [-0.4, -0.2) is 69.3 Å². The standard InChI is InChI=1S/C23H26F2N4O2S/c1-27(2)18-6-4-16(5-7-18)22(30)29(9-3-8-28-10-12-31-13-11-28)23-26-21-19(25)14-17(24)15-20(21)32-23/h4-7,14-15H,3,8-13H2,1-2H3. The molecule has 0 atom stereocenters. The molecule has 0 saturated carbocycles. The van der Waals surface area contributed by atoms with Crippen molar-refractivity contribution >= 4 is 38.3 Å². The second-order valence-electron chi connectivity index (χ2n) is 7.94. The molecule has 3 aromatic rings. The molecule has 4 rings (SSSR count). The van der Waals surface area contributed by atoms with Gasteiger partial charge in [0.05, 0.1) is 17.9 Å². The number of carbonyl (C=O) groups excluding carboxylic acids is 1. The van der Waals surface area contributed by atoms with E-state index in [4.69, 9.17) is 4.74 Å². The minimum absolute atomic E-state index is 0.0836. The molecule has 170 valence electrons. The molecule has 1 aliphatic heterocycles. The maximum absolute atomic E-state index is 14.2. The van der Waals surface area contributed by atoms with Gasteiger partial charge < -0.3 is 9.64 Å². The summed E-state index contributed by atoms with van der Waals surface area (Å²) in [6, 6.07) is 9.39. The quantitative estimate of drug-likeness (QED) is 0.533. The Morgan fingerprint density at radius 1 is 1.16 bits per heavy atom. The van der Waals surface area contributed by atoms with Crippen LogP contribution in [0.15, 0.2) is 36.4 Å². The normalized spacial score (nSPS) is 14.6. The van der Waals surface area contributed by atoms with E-state index >= 15 is 0 Å². The van der Waals surface area contributed by atoms with Gasteiger partial charge in [-0.2, -0.15) is 0 Å². The summed E-state index contributed by atoms with van der Waals surface area (Å²) in [5, 5.41) is 0.369. The summed E-state index contributed by atoms with van der Waals surface area (Å²) in [6.45, 7) is 4.40. The van der Waals surface area contributed by atoms with Crippen molar-refractivity contribution in [2.45, 2.75) is 6.42 Å². The number of carbonyl (C=O) groups is 1. The van der Waals surface area contributed by atoms with Crippen LogP contribution in [-0.2, 0) is 4.74 Å². The van der Waals surface area contributed by atoms with Gasteiger partial charge in [0.2, 0.25) is 0 Å². The molecule has 1 aromatic heterocycles. The van der Waals surface area contributed by atoms with E-state index in [1.807, 2.05) is 31.1 Å². The Balaban J connectivity index is 1.59. The van der Waals surface area contributed by atoms with Crippen LogP contribution in [0.2, 0.25) is 0 Å². The van der Waals surface area contributed by atoms with Gasteiger partial charge in [-0.05, 0) is 36.8 Å². The lowest BCUT2D eigenvalue weighted by atomic mass is 10.1. The van der Waals surface area contributed by atoms with Crippen LogP contribution in [0.1, 0.15) is 16.8 Å². The van der Waals surface area contributed by atoms with E-state index in [1.165, 1.54) is 6.07 Å². The molecule has 6 nitrogen and oxygen atoms in total. The third-order valence-corrected chi connectivity index (χ3v) is 6.49. The third-order valence-electron chi connectivity index (χ3n) is 5.47. The molecule has 32 heavy (non-hydrogen) atoms. The first-order valence-electron chi connectivity index (χ1n) is 10.6. The number of fused-ring (bicyclic) bond motifs is 1. The van der Waals surface area contributed by atoms with Crippen molar-refractivity contribution in [2.75, 3.05) is 63.3 Å². The van der Waals surface area contributed by atoms with Gasteiger partial charge in [0.15, 0.2) is 10.9 Å². The van der Waals surface area contributed by atoms with Crippen molar-refractivity contribution in [3.8, 4) is 0 Å². The number of hydrogen-bond donors (Lipinski definition) is 0. The van der Waals surface area contributed by atoms with Gasteiger partial charge in [-0.1, -0.05) is 11.3 Å². The smallest absolute Gasteiger partial charge is 0.260 e. The highest BCUT2D eigenvalue weighted by Crippen LogP contribution is 2.32. The average Bonchev–Trinajstić information content (AvgIpc) is 3.21. The van der Waals surface area contributed by atoms with Gasteiger partial charge >= 0.3 is 0 Å². The molecule has 1 saturated heterocycles. The van der Waals surface area contributed by atoms with Crippen LogP contribution in [0.4, 0.5) is 19.6 Å². The molecule has 2 aromatic carbocycles. The van der Waals surface area contributed by atoms with E-state index < -0.39 is 11.6 Å². The fourth-order valence-electron chi connectivity index (χ4n) is 3.68. The van der Waals surface area contributed by atoms with Crippen molar-refractivity contribution < 1.29 is 18.3 Å². The Morgan fingerprint density at radius 3 is 2.56 bits per heavy atom. The van der Waals surface area contributed by atoms with Crippen molar-refractivity contribution in [3.05, 3.63) is 53.6 Å². The average molecular weight is 461 g/mol. The van der Waals surface area contributed by atoms with Crippen LogP contribution in [0.5, 0.6) is 0 Å². The highest BCUT2D eigenvalue weighted by Gasteiger charge is 2.23. The summed E-state index contributed by atoms with van der Waals surface area (Å²) in [6.07, 6.45) is 0.730. The summed E-state index contributed by atoms with van der Waals surface area (Å²) in [7, 11) is 3.87. The first-order valence-corrected chi connectivity index (χ1v) is 11.4. The lowest BCUT2D eigenvalue weighted by Crippen LogP contribution is -2.39. The van der Waals surface area contributed by atoms with Gasteiger partial charge in [-0.3, -0.25) is 14.6 Å². The van der Waals surface area contributed by atoms with E-state index in [2.05, 4.69) is 9.88 Å². The molecule has 1 aliphatic rings. The summed E-state index contributed by atoms with van der Waals surface area (Å²) < 4.78 is 33.7. The Labute approximate surface area is 190 Å². The topological polar surface area (TPSA) is 48.9 Å². The number of anilines is 2. The number of benzene rings is 2. The zero-order valence-corrected chi connectivity index (χ0v) is 19.0. The summed E-state index contributed by atoms with van der Waals surface area (Å²) in [5.41, 5.74) is 1.59. The predicted octanol–water partition coefficient (Wildman–Crippen LogP) is 4.01. The number of thiazole rings is 1. The molecule has 0 aliphatic carbocycles. The molecule has 0 radical (unpaired) electrons. The van der Waals surface area contributed by atoms with Gasteiger partial charge in [0, 0.05) is 57.6 Å². The maximum atomic E-state index is 14.2. The van der Waals surface area contributed by atoms with Crippen molar-refractivity contribution in [1.29, 1.82) is 0 Å². The largest absolute Gasteiger partial charge is 0.379 e. The molecule has 0 unspecified atom stereocenters. The number of nitrogens with zero attached hydrogens (tertiary/aromatic N) is 4. The van der Waals surface area contributed by atoms with Crippen LogP contribution in [0, 0.1) is 11.6 Å². The molecular weight excluding hydrogens is 434 g/mol. The van der Waals surface area contributed by atoms with Crippen molar-refractivity contribution in [3.63, 3.8) is 0 Å². The first kappa shape index (κ1) is 22.6. The SMILES string of the molecule is CN(C)c1ccc(C(=O)N(CCCN2CCOCC2)c2nc3c(F)cc(F)cc3s2)cc1. The highest BCUT2D eigenvalue weighted by atomic mass is 32.1. The molecule has 0 spiro atoms. The molecule has 1 fully saturated rings. The molecule has 1 amide bonds. The first-order chi connectivity index (χ1) is 15.4. The van der Waals surface area contributed by atoms with Gasteiger partial charge in [-0.15, -0.1) is 0 Å². The predicted molar refractivity (Wildman–Crippen MR) is 124 cm³/mol. The minimum Gasteiger partial charge on any atom is -0.379 e. The third kappa shape index (κ3) is 5.06. The van der Waals surface area contributed by atoms with Gasteiger partial charge in [0.1, 0.15) is 11.3 Å². The van der Waals surface area contributed by atoms with Gasteiger partial charge in [-0.25, -0.2) is 13.8 Å². The monoisotopic (exact) mass is 460 g/mol. The summed E-state index contributed by atoms with van der Waals surface area (Å²) in [5.74, 6) is -1.59. The number of morpholine rings is 1. The van der Waals surface area contributed by atoms with E-state index in [0.29, 0.717) is 35.2 Å². The van der Waals surface area contributed by atoms with E-state index in [-0.39, 0.29) is 11.4 Å². The Bertz CT molecular complexity index is 1080. The second-order valence-corrected chi connectivity index (χ2v) is 8.95. The zero-order valence-electron chi connectivity index (χ0n) is 18.2. The Morgan fingerprint density at radius 2 is 1.88 bits per heavy atom. The van der Waals surface area contributed by atoms with Crippen LogP contribution in [0.25, 0.3) is 10.2 Å². The van der Waals surface area contributed by atoms with E-state index in [9.17, 15) is 13.6 Å². The fourth-order valence-corrected chi connectivity index (χ4v) is 4.71.